The fraction of sp³-hybridized carbons (Fsp3) is 0.538. The number of pyridine rings is 1. The van der Waals surface area contributed by atoms with E-state index in [0.29, 0.717) is 12.0 Å². The van der Waals surface area contributed by atoms with Gasteiger partial charge in [0, 0.05) is 60.4 Å². The molecule has 1 aliphatic carbocycles. The van der Waals surface area contributed by atoms with E-state index in [-0.39, 0.29) is 0 Å². The van der Waals surface area contributed by atoms with Crippen molar-refractivity contribution in [2.24, 2.45) is 0 Å². The number of nitrogens with one attached hydrogen (secondary N) is 2. The molecule has 174 valence electrons. The zero-order valence-corrected chi connectivity index (χ0v) is 20.0. The van der Waals surface area contributed by atoms with Gasteiger partial charge in [-0.05, 0) is 68.8 Å². The number of piperidine rings is 1. The lowest BCUT2D eigenvalue weighted by atomic mass is 9.90. The van der Waals surface area contributed by atoms with Gasteiger partial charge in [0.25, 0.3) is 0 Å². The van der Waals surface area contributed by atoms with Crippen molar-refractivity contribution in [2.75, 3.05) is 39.4 Å². The molecule has 0 radical (unpaired) electrons. The van der Waals surface area contributed by atoms with E-state index in [9.17, 15) is 0 Å². The molecule has 6 rings (SSSR count). The third kappa shape index (κ3) is 4.52. The molecule has 0 spiro atoms. The van der Waals surface area contributed by atoms with Crippen LogP contribution in [-0.2, 0) is 4.74 Å². The number of aromatic amines is 1. The van der Waals surface area contributed by atoms with Gasteiger partial charge in [-0.3, -0.25) is 4.90 Å². The van der Waals surface area contributed by atoms with Crippen molar-refractivity contribution < 1.29 is 4.74 Å². The molecule has 3 aromatic rings. The molecule has 0 saturated carbocycles. The lowest BCUT2D eigenvalue weighted by Gasteiger charge is -2.32. The van der Waals surface area contributed by atoms with E-state index < -0.39 is 0 Å². The maximum Gasteiger partial charge on any atom is 0.137 e. The van der Waals surface area contributed by atoms with Gasteiger partial charge in [0.05, 0.1) is 17.3 Å². The van der Waals surface area contributed by atoms with Gasteiger partial charge in [0.2, 0.25) is 0 Å². The monoisotopic (exact) mass is 463 g/mol. The van der Waals surface area contributed by atoms with Crippen LogP contribution < -0.4 is 5.32 Å². The van der Waals surface area contributed by atoms with Crippen LogP contribution in [0, 0.1) is 0 Å². The maximum absolute atomic E-state index is 5.65. The summed E-state index contributed by atoms with van der Waals surface area (Å²) in [7, 11) is 0. The molecular weight excluding hydrogens is 430 g/mol. The van der Waals surface area contributed by atoms with Gasteiger partial charge in [0.1, 0.15) is 5.65 Å². The molecular formula is C26H33N5OS. The number of hydrogen-bond donors (Lipinski definition) is 2. The number of H-pyrrole nitrogens is 1. The Hall–Kier alpha value is -2.06. The Balaban J connectivity index is 1.22. The number of rotatable bonds is 4. The van der Waals surface area contributed by atoms with Gasteiger partial charge >= 0.3 is 0 Å². The molecule has 2 fully saturated rings. The Bertz CT molecular complexity index is 1120. The van der Waals surface area contributed by atoms with E-state index >= 15 is 0 Å². The molecule has 3 aliphatic rings. The molecule has 6 nitrogen and oxygen atoms in total. The van der Waals surface area contributed by atoms with Crippen molar-refractivity contribution in [2.45, 2.75) is 50.5 Å². The number of hydrogen-bond acceptors (Lipinski definition) is 6. The molecule has 1 unspecified atom stereocenters. The zero-order valence-electron chi connectivity index (χ0n) is 19.2. The van der Waals surface area contributed by atoms with E-state index in [1.54, 1.807) is 0 Å². The average Bonchev–Trinajstić information content (AvgIpc) is 3.43. The predicted molar refractivity (Wildman–Crippen MR) is 135 cm³/mol. The Morgan fingerprint density at radius 2 is 2.06 bits per heavy atom. The van der Waals surface area contributed by atoms with Crippen LogP contribution in [0.4, 0.5) is 0 Å². The van der Waals surface area contributed by atoms with Crippen LogP contribution >= 0.6 is 11.3 Å². The third-order valence-electron chi connectivity index (χ3n) is 7.54. The number of aromatic nitrogens is 3. The minimum absolute atomic E-state index is 0.597. The van der Waals surface area contributed by atoms with E-state index in [4.69, 9.17) is 14.7 Å². The first kappa shape index (κ1) is 21.5. The smallest absolute Gasteiger partial charge is 0.137 e. The number of allylic oxidation sites excluding steroid dienone is 1. The molecule has 2 aliphatic heterocycles. The number of thiazole rings is 1. The van der Waals surface area contributed by atoms with Crippen molar-refractivity contribution in [1.29, 1.82) is 0 Å². The van der Waals surface area contributed by atoms with Crippen LogP contribution in [0.1, 0.15) is 55.0 Å². The fourth-order valence-corrected chi connectivity index (χ4v) is 6.59. The van der Waals surface area contributed by atoms with E-state index in [2.05, 4.69) is 38.9 Å². The van der Waals surface area contributed by atoms with Gasteiger partial charge in [0.15, 0.2) is 0 Å². The summed E-state index contributed by atoms with van der Waals surface area (Å²) in [5.74, 6) is 0.597. The maximum atomic E-state index is 5.65. The highest BCUT2D eigenvalue weighted by Gasteiger charge is 2.24. The second-order valence-electron chi connectivity index (χ2n) is 9.58. The standard InChI is InChI=1S/C26H33N5OS/c1-10-31(11-13-32-12-1)21-4-2-18(3-5-21)20-14-22-23(16-29-25(22)28-15-20)24-17-33-26(30-24)19-6-8-27-9-7-19/h2,14-17,19,21,27H,1,3-13H2,(H,28,29). The number of fused-ring (bicyclic) bond motifs is 1. The van der Waals surface area contributed by atoms with Crippen LogP contribution in [0.5, 0.6) is 0 Å². The van der Waals surface area contributed by atoms with Crippen LogP contribution in [0.3, 0.4) is 0 Å². The highest BCUT2D eigenvalue weighted by Crippen LogP contribution is 2.36. The van der Waals surface area contributed by atoms with Crippen LogP contribution in [0.15, 0.2) is 29.9 Å². The Morgan fingerprint density at radius 1 is 1.12 bits per heavy atom. The topological polar surface area (TPSA) is 66.1 Å². The minimum atomic E-state index is 0.597. The molecule has 5 heterocycles. The molecule has 0 aromatic carbocycles. The second-order valence-corrected chi connectivity index (χ2v) is 10.5. The lowest BCUT2D eigenvalue weighted by molar-refractivity contribution is 0.129. The number of ether oxygens (including phenoxy) is 1. The van der Waals surface area contributed by atoms with Crippen molar-refractivity contribution in [3.63, 3.8) is 0 Å². The average molecular weight is 464 g/mol. The summed E-state index contributed by atoms with van der Waals surface area (Å²) in [6.45, 7) is 6.22. The first-order valence-electron chi connectivity index (χ1n) is 12.5. The fourth-order valence-electron chi connectivity index (χ4n) is 5.60. The summed E-state index contributed by atoms with van der Waals surface area (Å²) < 4.78 is 5.65. The summed E-state index contributed by atoms with van der Waals surface area (Å²) in [6.07, 6.45) is 13.6. The van der Waals surface area contributed by atoms with Crippen LogP contribution in [-0.4, -0.2) is 65.3 Å². The SMILES string of the molecule is C1=C(c2cnc3[nH]cc(-c4csc(C5CCNCC5)n4)c3c2)CCC(N2CCCOCC2)C1. The van der Waals surface area contributed by atoms with Gasteiger partial charge in [-0.1, -0.05) is 6.08 Å². The first-order chi connectivity index (χ1) is 16.3. The quantitative estimate of drug-likeness (QED) is 0.581. The molecule has 2 saturated heterocycles. The second kappa shape index (κ2) is 9.66. The Labute approximate surface area is 199 Å². The van der Waals surface area contributed by atoms with Gasteiger partial charge < -0.3 is 15.0 Å². The van der Waals surface area contributed by atoms with Crippen molar-refractivity contribution in [1.82, 2.24) is 25.2 Å². The Kier molecular flexibility index (Phi) is 6.29. The molecule has 0 amide bonds. The first-order valence-corrected chi connectivity index (χ1v) is 13.4. The zero-order chi connectivity index (χ0) is 22.0. The molecule has 33 heavy (non-hydrogen) atoms. The molecule has 1 atom stereocenters. The summed E-state index contributed by atoms with van der Waals surface area (Å²) in [5, 5.41) is 8.14. The summed E-state index contributed by atoms with van der Waals surface area (Å²) in [4.78, 5) is 15.8. The van der Waals surface area contributed by atoms with E-state index in [1.165, 1.54) is 52.9 Å². The minimum Gasteiger partial charge on any atom is -0.380 e. The molecule has 0 bridgehead atoms. The lowest BCUT2D eigenvalue weighted by Crippen LogP contribution is -2.37. The summed E-state index contributed by atoms with van der Waals surface area (Å²) in [5.41, 5.74) is 5.90. The van der Waals surface area contributed by atoms with Gasteiger partial charge in [-0.2, -0.15) is 0 Å². The van der Waals surface area contributed by atoms with Crippen molar-refractivity contribution in [3.8, 4) is 11.3 Å². The number of nitrogens with zero attached hydrogens (tertiary/aromatic N) is 3. The highest BCUT2D eigenvalue weighted by atomic mass is 32.1. The highest BCUT2D eigenvalue weighted by molar-refractivity contribution is 7.10. The summed E-state index contributed by atoms with van der Waals surface area (Å²) >= 11 is 1.81. The van der Waals surface area contributed by atoms with Crippen LogP contribution in [0.25, 0.3) is 27.9 Å². The predicted octanol–water partition coefficient (Wildman–Crippen LogP) is 4.81. The molecule has 3 aromatic heterocycles. The normalized spacial score (nSPS) is 23.5. The Morgan fingerprint density at radius 3 is 2.94 bits per heavy atom. The van der Waals surface area contributed by atoms with E-state index in [1.807, 2.05) is 17.5 Å². The third-order valence-corrected chi connectivity index (χ3v) is 8.55. The van der Waals surface area contributed by atoms with E-state index in [0.717, 1.165) is 63.5 Å². The van der Waals surface area contributed by atoms with Crippen LogP contribution in [0.2, 0.25) is 0 Å². The summed E-state index contributed by atoms with van der Waals surface area (Å²) in [6, 6.07) is 2.97. The van der Waals surface area contributed by atoms with Crippen molar-refractivity contribution in [3.05, 3.63) is 40.5 Å². The van der Waals surface area contributed by atoms with Gasteiger partial charge in [-0.15, -0.1) is 11.3 Å². The molecule has 7 heteroatoms. The van der Waals surface area contributed by atoms with Gasteiger partial charge in [-0.25, -0.2) is 9.97 Å². The molecule has 2 N–H and O–H groups in total. The van der Waals surface area contributed by atoms with Crippen molar-refractivity contribution >= 4 is 27.9 Å². The largest absolute Gasteiger partial charge is 0.380 e.